The Bertz CT molecular complexity index is 828. The fraction of sp³-hybridized carbons (Fsp3) is 0.278. The largest absolute Gasteiger partial charge is 0.366 e. The normalized spacial score (nSPS) is 26.6. The van der Waals surface area contributed by atoms with E-state index in [1.807, 2.05) is 48.0 Å². The molecule has 0 saturated carbocycles. The Balaban J connectivity index is 2.26. The molecule has 6 heteroatoms. The molecular weight excluding hydrogens is 320 g/mol. The van der Waals surface area contributed by atoms with Gasteiger partial charge in [-0.05, 0) is 24.4 Å². The molecule has 1 aliphatic rings. The molecule has 1 aliphatic heterocycles. The van der Waals surface area contributed by atoms with Crippen LogP contribution in [0.3, 0.4) is 0 Å². The molecule has 1 unspecified atom stereocenters. The lowest BCUT2D eigenvalue weighted by atomic mass is 9.77. The molecule has 3 N–H and O–H groups in total. The number of hydrogen-bond acceptors (Lipinski definition) is 4. The lowest BCUT2D eigenvalue weighted by Gasteiger charge is -2.41. The smallest absolute Gasteiger partial charge is 0.216 e. The molecule has 2 aromatic heterocycles. The molecule has 2 aromatic rings. The molecule has 0 radical (unpaired) electrons. The number of aliphatic hydroxyl groups is 1. The van der Waals surface area contributed by atoms with Crippen molar-refractivity contribution in [3.8, 4) is 0 Å². The van der Waals surface area contributed by atoms with Crippen LogP contribution in [0.1, 0.15) is 30.1 Å². The molecular formula is C18H19N4OS+. The van der Waals surface area contributed by atoms with Gasteiger partial charge in [-0.15, -0.1) is 0 Å². The summed E-state index contributed by atoms with van der Waals surface area (Å²) in [6.45, 7) is 3.69. The highest BCUT2D eigenvalue weighted by Crippen LogP contribution is 2.40. The number of nitrogens with zero attached hydrogens (tertiary/aromatic N) is 2. The highest BCUT2D eigenvalue weighted by molar-refractivity contribution is 7.80. The number of rotatable bonds is 2. The number of pyridine rings is 2. The lowest BCUT2D eigenvalue weighted by molar-refractivity contribution is -0.745. The van der Waals surface area contributed by atoms with E-state index in [1.54, 1.807) is 19.3 Å². The minimum absolute atomic E-state index is 0.328. The quantitative estimate of drug-likeness (QED) is 0.338. The monoisotopic (exact) mass is 339 g/mol. The van der Waals surface area contributed by atoms with Crippen molar-refractivity contribution in [1.82, 2.24) is 10.3 Å². The van der Waals surface area contributed by atoms with Gasteiger partial charge in [-0.3, -0.25) is 10.4 Å². The van der Waals surface area contributed by atoms with E-state index >= 15 is 0 Å². The summed E-state index contributed by atoms with van der Waals surface area (Å²) in [5.74, 6) is 2.14. The Morgan fingerprint density at radius 2 is 2.17 bits per heavy atom. The Morgan fingerprint density at radius 1 is 1.38 bits per heavy atom. The Morgan fingerprint density at radius 3 is 2.79 bits per heavy atom. The van der Waals surface area contributed by atoms with Crippen molar-refractivity contribution in [3.63, 3.8) is 0 Å². The second-order valence-corrected chi connectivity index (χ2v) is 6.51. The van der Waals surface area contributed by atoms with Crippen molar-refractivity contribution < 1.29 is 9.67 Å². The predicted octanol–water partition coefficient (Wildman–Crippen LogP) is 1.82. The Hall–Kier alpha value is -2.40. The topological polar surface area (TPSA) is 72.9 Å². The molecule has 0 amide bonds. The fourth-order valence-corrected chi connectivity index (χ4v) is 3.71. The van der Waals surface area contributed by atoms with Gasteiger partial charge in [-0.1, -0.05) is 24.4 Å². The van der Waals surface area contributed by atoms with Crippen LogP contribution in [0.5, 0.6) is 0 Å². The van der Waals surface area contributed by atoms with Crippen LogP contribution in [0, 0.1) is 12.3 Å². The molecule has 3 heterocycles. The van der Waals surface area contributed by atoms with Gasteiger partial charge in [-0.2, -0.15) is 4.57 Å². The highest BCUT2D eigenvalue weighted by atomic mass is 32.1. The van der Waals surface area contributed by atoms with Gasteiger partial charge in [0.2, 0.25) is 6.04 Å². The first-order valence-corrected chi connectivity index (χ1v) is 8.07. The zero-order valence-corrected chi connectivity index (χ0v) is 14.3. The summed E-state index contributed by atoms with van der Waals surface area (Å²) in [5, 5.41) is 21.8. The van der Waals surface area contributed by atoms with Gasteiger partial charge in [0.25, 0.3) is 0 Å². The highest BCUT2D eigenvalue weighted by Gasteiger charge is 2.53. The van der Waals surface area contributed by atoms with Crippen molar-refractivity contribution in [3.05, 3.63) is 65.8 Å². The van der Waals surface area contributed by atoms with Gasteiger partial charge in [0.05, 0.1) is 11.5 Å². The molecule has 24 heavy (non-hydrogen) atoms. The standard InChI is InChI=1S/C18H18N4OS/c1-12-6-3-4-9-22(12)16-15(13-7-5-8-20-11-13)14(10-19)17(24)21-18(16,2)23/h3-9,11,15-16,19,23H,1-2H3/p+1/t15-,16?,18+/m0/s1. The van der Waals surface area contributed by atoms with E-state index in [4.69, 9.17) is 17.6 Å². The van der Waals surface area contributed by atoms with Gasteiger partial charge in [0, 0.05) is 31.5 Å². The Labute approximate surface area is 146 Å². The van der Waals surface area contributed by atoms with Gasteiger partial charge < -0.3 is 10.4 Å². The lowest BCUT2D eigenvalue weighted by Crippen LogP contribution is -2.66. The number of aromatic nitrogens is 2. The molecule has 1 saturated heterocycles. The van der Waals surface area contributed by atoms with E-state index in [2.05, 4.69) is 16.2 Å². The summed E-state index contributed by atoms with van der Waals surface area (Å²) in [7, 11) is 0. The number of thiocarbonyl (C=S) groups is 1. The average molecular weight is 339 g/mol. The first-order chi connectivity index (χ1) is 11.5. The van der Waals surface area contributed by atoms with Crippen molar-refractivity contribution in [1.29, 1.82) is 5.41 Å². The second-order valence-electron chi connectivity index (χ2n) is 6.10. The summed E-state index contributed by atoms with van der Waals surface area (Å²) in [4.78, 5) is 4.54. The Kier molecular flexibility index (Phi) is 4.28. The van der Waals surface area contributed by atoms with Crippen molar-refractivity contribution in [2.45, 2.75) is 31.5 Å². The third-order valence-electron chi connectivity index (χ3n) is 4.39. The van der Waals surface area contributed by atoms with Crippen LogP contribution in [0.25, 0.3) is 0 Å². The van der Waals surface area contributed by atoms with Crippen LogP contribution in [0.4, 0.5) is 0 Å². The maximum absolute atomic E-state index is 11.1. The number of hydrogen-bond donors (Lipinski definition) is 3. The van der Waals surface area contributed by atoms with E-state index in [1.165, 1.54) is 0 Å². The van der Waals surface area contributed by atoms with Crippen molar-refractivity contribution in [2.75, 3.05) is 0 Å². The van der Waals surface area contributed by atoms with Crippen molar-refractivity contribution in [2.24, 2.45) is 0 Å². The van der Waals surface area contributed by atoms with Gasteiger partial charge >= 0.3 is 0 Å². The maximum atomic E-state index is 11.1. The van der Waals surface area contributed by atoms with Crippen LogP contribution >= 0.6 is 12.2 Å². The predicted molar refractivity (Wildman–Crippen MR) is 95.0 cm³/mol. The third-order valence-corrected chi connectivity index (χ3v) is 4.72. The summed E-state index contributed by atoms with van der Waals surface area (Å²) in [6.07, 6.45) is 5.37. The third kappa shape index (κ3) is 2.76. The minimum atomic E-state index is -1.28. The molecule has 0 spiro atoms. The van der Waals surface area contributed by atoms with Crippen LogP contribution in [0.15, 0.2) is 54.5 Å². The van der Waals surface area contributed by atoms with Gasteiger partial charge in [0.15, 0.2) is 17.6 Å². The average Bonchev–Trinajstić information content (AvgIpc) is 2.55. The van der Waals surface area contributed by atoms with E-state index in [0.717, 1.165) is 11.3 Å². The van der Waals surface area contributed by atoms with Gasteiger partial charge in [0.1, 0.15) is 4.99 Å². The zero-order valence-electron chi connectivity index (χ0n) is 13.5. The molecule has 0 bridgehead atoms. The molecule has 122 valence electrons. The van der Waals surface area contributed by atoms with Crippen LogP contribution < -0.4 is 9.88 Å². The summed E-state index contributed by atoms with van der Waals surface area (Å²) in [6, 6.07) is 9.23. The summed E-state index contributed by atoms with van der Waals surface area (Å²) >= 11 is 5.37. The second kappa shape index (κ2) is 6.24. The van der Waals surface area contributed by atoms with E-state index in [9.17, 15) is 5.11 Å². The molecule has 0 aliphatic carbocycles. The zero-order chi connectivity index (χ0) is 17.3. The first-order valence-electron chi connectivity index (χ1n) is 7.67. The van der Waals surface area contributed by atoms with Gasteiger partial charge in [-0.25, -0.2) is 0 Å². The van der Waals surface area contributed by atoms with E-state index < -0.39 is 11.8 Å². The minimum Gasteiger partial charge on any atom is -0.366 e. The van der Waals surface area contributed by atoms with E-state index in [0.29, 0.717) is 10.6 Å². The van der Waals surface area contributed by atoms with Crippen molar-refractivity contribution >= 4 is 23.1 Å². The molecule has 0 aromatic carbocycles. The molecule has 3 rings (SSSR count). The number of piperidine rings is 1. The van der Waals surface area contributed by atoms with E-state index in [-0.39, 0.29) is 5.92 Å². The summed E-state index contributed by atoms with van der Waals surface area (Å²) in [5.41, 5.74) is 1.15. The molecule has 1 fully saturated rings. The maximum Gasteiger partial charge on any atom is 0.216 e. The number of aryl methyl sites for hydroxylation is 1. The fourth-order valence-electron chi connectivity index (χ4n) is 3.32. The van der Waals surface area contributed by atoms with Crippen LogP contribution in [0.2, 0.25) is 0 Å². The molecule has 3 atom stereocenters. The SMILES string of the molecule is Cc1cccc[n+]1C1[C@@H](c2cccnc2)C(=C=N)C(=S)N[C@]1(C)O. The number of nitrogens with one attached hydrogen (secondary N) is 2. The van der Waals surface area contributed by atoms with Crippen LogP contribution in [-0.4, -0.2) is 26.7 Å². The summed E-state index contributed by atoms with van der Waals surface area (Å²) < 4.78 is 2.00. The molecule has 5 nitrogen and oxygen atoms in total. The van der Waals surface area contributed by atoms with Crippen LogP contribution in [-0.2, 0) is 0 Å². The first kappa shape index (κ1) is 16.5.